The molecule has 0 saturated heterocycles. The van der Waals surface area contributed by atoms with Crippen LogP contribution in [0.3, 0.4) is 0 Å². The van der Waals surface area contributed by atoms with Crippen molar-refractivity contribution in [2.75, 3.05) is 33.4 Å². The van der Waals surface area contributed by atoms with Crippen molar-refractivity contribution in [2.24, 2.45) is 45.6 Å². The molecule has 0 aliphatic heterocycles. The molecule has 7 heteroatoms. The zero-order chi connectivity index (χ0) is 24.5. The normalized spacial score (nSPS) is 41.9. The van der Waals surface area contributed by atoms with Crippen LogP contribution < -0.4 is 5.32 Å². The minimum Gasteiger partial charge on any atom is -0.393 e. The van der Waals surface area contributed by atoms with E-state index in [9.17, 15) is 14.3 Å². The number of nitrogens with zero attached hydrogens (tertiary/aromatic N) is 2. The molecule has 0 aromatic rings. The summed E-state index contributed by atoms with van der Waals surface area (Å²) in [6.07, 6.45) is 9.80. The van der Waals surface area contributed by atoms with Gasteiger partial charge in [0.25, 0.3) is 0 Å². The summed E-state index contributed by atoms with van der Waals surface area (Å²) in [5.41, 5.74) is 1.49. The first kappa shape index (κ1) is 25.9. The third-order valence-corrected chi connectivity index (χ3v) is 10.7. The second kappa shape index (κ2) is 10.4. The predicted octanol–water partition coefficient (Wildman–Crippen LogP) is 5.01. The van der Waals surface area contributed by atoms with E-state index < -0.39 is 12.8 Å². The van der Waals surface area contributed by atoms with Crippen LogP contribution in [-0.2, 0) is 4.84 Å². The highest BCUT2D eigenvalue weighted by atomic mass is 19.1. The number of oxime groups is 1. The van der Waals surface area contributed by atoms with Gasteiger partial charge in [-0.2, -0.15) is 0 Å². The largest absolute Gasteiger partial charge is 0.436 e. The van der Waals surface area contributed by atoms with Crippen molar-refractivity contribution >= 4 is 11.8 Å². The molecule has 4 saturated carbocycles. The van der Waals surface area contributed by atoms with Gasteiger partial charge in [0.15, 0.2) is 0 Å². The van der Waals surface area contributed by atoms with Gasteiger partial charge in [-0.1, -0.05) is 19.0 Å². The van der Waals surface area contributed by atoms with E-state index >= 15 is 0 Å². The maximum absolute atomic E-state index is 12.9. The Balaban J connectivity index is 1.43. The van der Waals surface area contributed by atoms with Crippen LogP contribution in [0.5, 0.6) is 0 Å². The first-order valence-corrected chi connectivity index (χ1v) is 13.6. The molecular formula is C27H46FN3O3. The topological polar surface area (TPSA) is 74.2 Å². The Morgan fingerprint density at radius 3 is 2.56 bits per heavy atom. The number of hydrogen-bond donors (Lipinski definition) is 2. The van der Waals surface area contributed by atoms with E-state index in [-0.39, 0.29) is 18.1 Å². The highest BCUT2D eigenvalue weighted by Gasteiger charge is 2.60. The molecule has 0 radical (unpaired) electrons. The molecule has 0 aromatic carbocycles. The Hall–Kier alpha value is -1.21. The molecule has 0 aromatic heterocycles. The minimum atomic E-state index is -0.592. The van der Waals surface area contributed by atoms with E-state index in [1.165, 1.54) is 43.4 Å². The van der Waals surface area contributed by atoms with E-state index in [4.69, 9.17) is 4.84 Å². The first-order valence-electron chi connectivity index (χ1n) is 13.6. The molecular weight excluding hydrogens is 433 g/mol. The van der Waals surface area contributed by atoms with E-state index in [0.717, 1.165) is 36.8 Å². The molecule has 1 amide bonds. The van der Waals surface area contributed by atoms with Gasteiger partial charge in [0.2, 0.25) is 0 Å². The van der Waals surface area contributed by atoms with Crippen molar-refractivity contribution < 1.29 is 19.1 Å². The van der Waals surface area contributed by atoms with E-state index in [2.05, 4.69) is 24.3 Å². The van der Waals surface area contributed by atoms with Gasteiger partial charge in [-0.05, 0) is 106 Å². The van der Waals surface area contributed by atoms with Crippen molar-refractivity contribution in [3.8, 4) is 0 Å². The van der Waals surface area contributed by atoms with Gasteiger partial charge in [-0.15, -0.1) is 0 Å². The van der Waals surface area contributed by atoms with Gasteiger partial charge in [0, 0.05) is 19.0 Å². The molecule has 34 heavy (non-hydrogen) atoms. The number of halogens is 1. The lowest BCUT2D eigenvalue weighted by molar-refractivity contribution is -0.123. The molecule has 4 rings (SSSR count). The summed E-state index contributed by atoms with van der Waals surface area (Å²) in [6, 6.07) is 0. The number of amides is 1. The molecule has 4 fully saturated rings. The molecule has 6 nitrogen and oxygen atoms in total. The lowest BCUT2D eigenvalue weighted by Crippen LogP contribution is -2.54. The fraction of sp³-hybridized carbons (Fsp3) is 0.926. The number of rotatable bonds is 7. The second-order valence-corrected chi connectivity index (χ2v) is 12.1. The highest BCUT2D eigenvalue weighted by Crippen LogP contribution is 2.67. The Kier molecular flexibility index (Phi) is 7.93. The van der Waals surface area contributed by atoms with Gasteiger partial charge < -0.3 is 15.3 Å². The van der Waals surface area contributed by atoms with Crippen LogP contribution in [0.4, 0.5) is 9.18 Å². The smallest absolute Gasteiger partial charge is 0.393 e. The maximum Gasteiger partial charge on any atom is 0.436 e. The van der Waals surface area contributed by atoms with Crippen LogP contribution in [-0.4, -0.2) is 61.3 Å². The number of nitrogens with one attached hydrogen (secondary N) is 1. The van der Waals surface area contributed by atoms with Crippen molar-refractivity contribution in [3.63, 3.8) is 0 Å². The second-order valence-electron chi connectivity index (χ2n) is 12.1. The predicted molar refractivity (Wildman–Crippen MR) is 132 cm³/mol. The standard InChI is InChI=1S/C27H46FN3O3/c1-18(30-34-25(33)31(15-13-28)16-14-29-4)22-7-8-23-21-6-5-19-17-20(32)9-11-26(19,2)24(21)10-12-27(22,23)3/h19-24,29,32H,5-17H2,1-4H3/b30-18+/t19-,20-,21-,22+,23-,24-,26-,27+/m0/s1. The summed E-state index contributed by atoms with van der Waals surface area (Å²) in [6.45, 7) is 7.40. The molecule has 0 bridgehead atoms. The number of likely N-dealkylation sites (N-methyl/N-ethyl adjacent to an activating group) is 1. The summed E-state index contributed by atoms with van der Waals surface area (Å²) >= 11 is 0. The summed E-state index contributed by atoms with van der Waals surface area (Å²) in [5, 5.41) is 17.5. The number of carbonyl (C=O) groups excluding carboxylic acids is 1. The van der Waals surface area contributed by atoms with Crippen LogP contribution in [0, 0.1) is 40.4 Å². The Bertz CT molecular complexity index is 763. The van der Waals surface area contributed by atoms with E-state index in [1.807, 2.05) is 6.92 Å². The fourth-order valence-electron chi connectivity index (χ4n) is 8.80. The molecule has 2 N–H and O–H groups in total. The van der Waals surface area contributed by atoms with Crippen LogP contribution in [0.1, 0.15) is 78.6 Å². The monoisotopic (exact) mass is 479 g/mol. The average molecular weight is 480 g/mol. The maximum atomic E-state index is 12.9. The van der Waals surface area contributed by atoms with Crippen molar-refractivity contribution in [2.45, 2.75) is 84.7 Å². The molecule has 4 aliphatic rings. The molecule has 0 unspecified atom stereocenters. The van der Waals surface area contributed by atoms with Crippen molar-refractivity contribution in [3.05, 3.63) is 0 Å². The van der Waals surface area contributed by atoms with Crippen LogP contribution in [0.2, 0.25) is 0 Å². The van der Waals surface area contributed by atoms with E-state index in [0.29, 0.717) is 36.3 Å². The third-order valence-electron chi connectivity index (χ3n) is 10.7. The van der Waals surface area contributed by atoms with Crippen LogP contribution in [0.25, 0.3) is 0 Å². The number of alkyl halides is 1. The Morgan fingerprint density at radius 1 is 1.09 bits per heavy atom. The zero-order valence-corrected chi connectivity index (χ0v) is 21.7. The van der Waals surface area contributed by atoms with Gasteiger partial charge >= 0.3 is 6.09 Å². The Labute approximate surface area is 205 Å². The summed E-state index contributed by atoms with van der Waals surface area (Å²) in [4.78, 5) is 19.2. The number of carbonyl (C=O) groups is 1. The van der Waals surface area contributed by atoms with Crippen molar-refractivity contribution in [1.29, 1.82) is 0 Å². The SMILES string of the molecule is CNCCN(CCF)C(=O)O/N=C(\C)[C@H]1CC[C@H]2[C@@H]3CC[C@H]4C[C@@H](O)CC[C@]4(C)[C@H]3CC[C@]12C. The van der Waals surface area contributed by atoms with E-state index in [1.54, 1.807) is 7.05 Å². The Morgan fingerprint density at radius 2 is 1.82 bits per heavy atom. The summed E-state index contributed by atoms with van der Waals surface area (Å²) < 4.78 is 12.9. The summed E-state index contributed by atoms with van der Waals surface area (Å²) in [5.74, 6) is 3.23. The highest BCUT2D eigenvalue weighted by molar-refractivity contribution is 5.85. The quantitative estimate of drug-likeness (QED) is 0.306. The molecule has 4 aliphatic carbocycles. The molecule has 0 spiro atoms. The average Bonchev–Trinajstić information content (AvgIpc) is 3.17. The number of aliphatic hydroxyl groups is 1. The number of hydrogen-bond acceptors (Lipinski definition) is 5. The third kappa shape index (κ3) is 4.63. The van der Waals surface area contributed by atoms with Gasteiger partial charge in [-0.25, -0.2) is 9.18 Å². The molecule has 8 atom stereocenters. The van der Waals surface area contributed by atoms with Gasteiger partial charge in [0.1, 0.15) is 6.67 Å². The molecule has 0 heterocycles. The molecule has 194 valence electrons. The lowest BCUT2D eigenvalue weighted by Gasteiger charge is -2.61. The van der Waals surface area contributed by atoms with Crippen LogP contribution in [0.15, 0.2) is 5.16 Å². The van der Waals surface area contributed by atoms with Gasteiger partial charge in [-0.3, -0.25) is 4.84 Å². The number of fused-ring (bicyclic) bond motifs is 5. The first-order chi connectivity index (χ1) is 16.2. The zero-order valence-electron chi connectivity index (χ0n) is 21.7. The lowest BCUT2D eigenvalue weighted by atomic mass is 9.44. The minimum absolute atomic E-state index is 0.0259. The number of aliphatic hydroxyl groups excluding tert-OH is 1. The van der Waals surface area contributed by atoms with Crippen molar-refractivity contribution in [1.82, 2.24) is 10.2 Å². The van der Waals surface area contributed by atoms with Gasteiger partial charge in [0.05, 0.1) is 18.4 Å². The summed E-state index contributed by atoms with van der Waals surface area (Å²) in [7, 11) is 1.80. The van der Waals surface area contributed by atoms with Crippen LogP contribution >= 0.6 is 0 Å². The fourth-order valence-corrected chi connectivity index (χ4v) is 8.80.